The Kier molecular flexibility index (Phi) is 4.53. The fraction of sp³-hybridized carbons (Fsp3) is 0.750. The van der Waals surface area contributed by atoms with Crippen molar-refractivity contribution in [1.29, 1.82) is 0 Å². The smallest absolute Gasteiger partial charge is 0.160 e. The largest absolute Gasteiger partial charge is 0.504 e. The summed E-state index contributed by atoms with van der Waals surface area (Å²) < 4.78 is 5.41. The van der Waals surface area contributed by atoms with Gasteiger partial charge in [0.1, 0.15) is 0 Å². The van der Waals surface area contributed by atoms with E-state index in [2.05, 4.69) is 19.9 Å². The molecule has 1 aromatic rings. The Morgan fingerprint density at radius 2 is 1.93 bits per heavy atom. The number of rotatable bonds is 3. The monoisotopic (exact) mass is 372 g/mol. The lowest BCUT2D eigenvalue weighted by molar-refractivity contribution is -0.0561. The van der Waals surface area contributed by atoms with Crippen molar-refractivity contribution in [1.82, 2.24) is 0 Å². The number of aryl methyl sites for hydroxylation is 1. The summed E-state index contributed by atoms with van der Waals surface area (Å²) in [5, 5.41) is 20.8. The van der Waals surface area contributed by atoms with Gasteiger partial charge in [-0.15, -0.1) is 0 Å². The van der Waals surface area contributed by atoms with E-state index in [4.69, 9.17) is 4.74 Å². The number of aromatic hydroxyl groups is 1. The zero-order chi connectivity index (χ0) is 19.6. The number of hydrogen-bond donors (Lipinski definition) is 2. The first-order valence-corrected chi connectivity index (χ1v) is 10.8. The predicted molar refractivity (Wildman–Crippen MR) is 108 cm³/mol. The number of benzene rings is 1. The Balaban J connectivity index is 1.65. The van der Waals surface area contributed by atoms with E-state index in [1.807, 2.05) is 19.9 Å². The maximum Gasteiger partial charge on any atom is 0.160 e. The second kappa shape index (κ2) is 6.40. The molecular formula is C24H36O3. The van der Waals surface area contributed by atoms with Gasteiger partial charge in [0.15, 0.2) is 11.5 Å². The number of methoxy groups -OCH3 is 1. The van der Waals surface area contributed by atoms with Crippen LogP contribution in [0.5, 0.6) is 11.5 Å². The van der Waals surface area contributed by atoms with Crippen LogP contribution in [0.15, 0.2) is 12.1 Å². The maximum absolute atomic E-state index is 10.7. The highest BCUT2D eigenvalue weighted by Gasteiger charge is 2.57. The molecule has 0 amide bonds. The van der Waals surface area contributed by atoms with Crippen molar-refractivity contribution in [2.45, 2.75) is 77.7 Å². The van der Waals surface area contributed by atoms with Crippen LogP contribution >= 0.6 is 0 Å². The lowest BCUT2D eigenvalue weighted by Crippen LogP contribution is -2.46. The molecule has 0 saturated heterocycles. The molecule has 3 nitrogen and oxygen atoms in total. The zero-order valence-corrected chi connectivity index (χ0v) is 17.6. The lowest BCUT2D eigenvalue weighted by atomic mass is 9.52. The van der Waals surface area contributed by atoms with Crippen molar-refractivity contribution in [3.8, 4) is 11.5 Å². The third kappa shape index (κ3) is 2.88. The van der Waals surface area contributed by atoms with E-state index in [0.29, 0.717) is 28.9 Å². The first-order valence-electron chi connectivity index (χ1n) is 10.8. The molecule has 3 heteroatoms. The van der Waals surface area contributed by atoms with Crippen molar-refractivity contribution in [2.75, 3.05) is 7.11 Å². The highest BCUT2D eigenvalue weighted by molar-refractivity contribution is 5.49. The summed E-state index contributed by atoms with van der Waals surface area (Å²) in [5.74, 6) is 3.90. The molecule has 3 aliphatic rings. The normalized spacial score (nSPS) is 36.5. The minimum atomic E-state index is -0.608. The highest BCUT2D eigenvalue weighted by Crippen LogP contribution is 2.65. The highest BCUT2D eigenvalue weighted by atomic mass is 16.5. The third-order valence-electron chi connectivity index (χ3n) is 8.82. The van der Waals surface area contributed by atoms with E-state index in [-0.39, 0.29) is 5.75 Å². The number of ether oxygens (including phenoxy) is 1. The number of phenolic OH excluding ortho intramolecular Hbond substituents is 1. The molecule has 0 radical (unpaired) electrons. The molecule has 0 aliphatic heterocycles. The van der Waals surface area contributed by atoms with Gasteiger partial charge >= 0.3 is 0 Å². The molecule has 3 aliphatic carbocycles. The van der Waals surface area contributed by atoms with E-state index in [1.165, 1.54) is 43.2 Å². The minimum absolute atomic E-state index is 0.273. The van der Waals surface area contributed by atoms with Gasteiger partial charge in [-0.2, -0.15) is 0 Å². The van der Waals surface area contributed by atoms with Gasteiger partial charge < -0.3 is 14.9 Å². The third-order valence-corrected chi connectivity index (χ3v) is 8.82. The predicted octanol–water partition coefficient (Wildman–Crippen LogP) is 5.28. The summed E-state index contributed by atoms with van der Waals surface area (Å²) >= 11 is 0. The summed E-state index contributed by atoms with van der Waals surface area (Å²) in [6.07, 6.45) is 7.30. The number of hydrogen-bond acceptors (Lipinski definition) is 3. The molecule has 1 unspecified atom stereocenters. The Morgan fingerprint density at radius 3 is 2.59 bits per heavy atom. The molecule has 0 aromatic heterocycles. The molecule has 0 heterocycles. The van der Waals surface area contributed by atoms with Crippen LogP contribution < -0.4 is 4.74 Å². The van der Waals surface area contributed by atoms with Gasteiger partial charge in [0.2, 0.25) is 0 Å². The standard InChI is InChI=1S/C24H36O3/c1-14(23(2,3)26)19-8-9-20-17-7-6-15-12-21(25)22(27-5)13-18(15)16(17)10-11-24(19,20)4/h12-14,16-17,19-20,25-26H,6-11H2,1-5H3/t14?,16-,17+,19+,20-,24+/m0/s1. The molecule has 2 N–H and O–H groups in total. The molecule has 2 fully saturated rings. The molecule has 6 atom stereocenters. The average Bonchev–Trinajstić information content (AvgIpc) is 2.96. The van der Waals surface area contributed by atoms with Crippen molar-refractivity contribution in [3.05, 3.63) is 23.3 Å². The average molecular weight is 373 g/mol. The van der Waals surface area contributed by atoms with Gasteiger partial charge in [-0.3, -0.25) is 0 Å². The second-order valence-corrected chi connectivity index (χ2v) is 10.3. The van der Waals surface area contributed by atoms with Gasteiger partial charge in [0, 0.05) is 0 Å². The molecule has 0 bridgehead atoms. The molecule has 4 rings (SSSR count). The Hall–Kier alpha value is -1.22. The second-order valence-electron chi connectivity index (χ2n) is 10.3. The summed E-state index contributed by atoms with van der Waals surface area (Å²) in [7, 11) is 1.64. The van der Waals surface area contributed by atoms with Crippen LogP contribution in [0.2, 0.25) is 0 Å². The lowest BCUT2D eigenvalue weighted by Gasteiger charge is -2.53. The Bertz CT molecular complexity index is 719. The van der Waals surface area contributed by atoms with Crippen molar-refractivity contribution in [2.24, 2.45) is 29.1 Å². The van der Waals surface area contributed by atoms with Crippen LogP contribution in [-0.4, -0.2) is 22.9 Å². The van der Waals surface area contributed by atoms with Gasteiger partial charge in [-0.05, 0) is 111 Å². The molecule has 150 valence electrons. The molecule has 2 saturated carbocycles. The van der Waals surface area contributed by atoms with E-state index in [9.17, 15) is 10.2 Å². The van der Waals surface area contributed by atoms with E-state index >= 15 is 0 Å². The first kappa shape index (κ1) is 19.1. The quantitative estimate of drug-likeness (QED) is 0.759. The summed E-state index contributed by atoms with van der Waals surface area (Å²) in [6, 6.07) is 4.04. The fourth-order valence-electron chi connectivity index (χ4n) is 7.11. The maximum atomic E-state index is 10.7. The van der Waals surface area contributed by atoms with Gasteiger partial charge in [-0.1, -0.05) is 13.8 Å². The SMILES string of the molecule is COc1cc2c(cc1O)CC[C@@H]1[C@@H]2CC[C@]2(C)[C@@H](C(C)C(C)(C)O)CC[C@@H]12. The van der Waals surface area contributed by atoms with Crippen LogP contribution in [0.25, 0.3) is 0 Å². The Morgan fingerprint density at radius 1 is 1.19 bits per heavy atom. The topological polar surface area (TPSA) is 49.7 Å². The van der Waals surface area contributed by atoms with Gasteiger partial charge in [0.05, 0.1) is 12.7 Å². The van der Waals surface area contributed by atoms with Crippen LogP contribution in [0.3, 0.4) is 0 Å². The molecular weight excluding hydrogens is 336 g/mol. The van der Waals surface area contributed by atoms with Crippen LogP contribution in [0.4, 0.5) is 0 Å². The molecule has 27 heavy (non-hydrogen) atoms. The number of fused-ring (bicyclic) bond motifs is 5. The van der Waals surface area contributed by atoms with Crippen molar-refractivity contribution < 1.29 is 14.9 Å². The fourth-order valence-corrected chi connectivity index (χ4v) is 7.11. The van der Waals surface area contributed by atoms with E-state index < -0.39 is 5.60 Å². The number of aliphatic hydroxyl groups is 1. The van der Waals surface area contributed by atoms with E-state index in [1.54, 1.807) is 7.11 Å². The van der Waals surface area contributed by atoms with Crippen LogP contribution in [0.1, 0.15) is 76.8 Å². The van der Waals surface area contributed by atoms with Crippen LogP contribution in [-0.2, 0) is 6.42 Å². The zero-order valence-electron chi connectivity index (χ0n) is 17.6. The molecule has 1 aromatic carbocycles. The Labute approximate surface area is 164 Å². The van der Waals surface area contributed by atoms with Crippen LogP contribution in [0, 0.1) is 29.1 Å². The minimum Gasteiger partial charge on any atom is -0.504 e. The van der Waals surface area contributed by atoms with Crippen molar-refractivity contribution in [3.63, 3.8) is 0 Å². The summed E-state index contributed by atoms with van der Waals surface area (Å²) in [6.45, 7) is 8.74. The van der Waals surface area contributed by atoms with E-state index in [0.717, 1.165) is 18.3 Å². The van der Waals surface area contributed by atoms with Crippen molar-refractivity contribution >= 4 is 0 Å². The van der Waals surface area contributed by atoms with Gasteiger partial charge in [-0.25, -0.2) is 0 Å². The summed E-state index contributed by atoms with van der Waals surface area (Å²) in [5.41, 5.74) is 2.47. The molecule has 0 spiro atoms. The first-order chi connectivity index (χ1) is 12.7. The number of phenols is 1. The van der Waals surface area contributed by atoms with Gasteiger partial charge in [0.25, 0.3) is 0 Å². The summed E-state index contributed by atoms with van der Waals surface area (Å²) in [4.78, 5) is 0.